The standard InChI is InChI=1S/C16H23N3O3/c1-14(20)11-16(21)22-10-9-18-5-7-19(8-6-18)13-15-3-2-4-17-12-15/h2-4,12H,5-11,13H2,1H3. The Bertz CT molecular complexity index is 485. The average Bonchev–Trinajstić information content (AvgIpc) is 2.49. The lowest BCUT2D eigenvalue weighted by molar-refractivity contribution is -0.146. The van der Waals surface area contributed by atoms with Crippen molar-refractivity contribution in [2.75, 3.05) is 39.3 Å². The van der Waals surface area contributed by atoms with Crippen molar-refractivity contribution in [3.63, 3.8) is 0 Å². The molecule has 2 rings (SSSR count). The molecular weight excluding hydrogens is 282 g/mol. The first-order valence-electron chi connectivity index (χ1n) is 7.62. The van der Waals surface area contributed by atoms with Gasteiger partial charge in [0.2, 0.25) is 0 Å². The molecule has 0 saturated carbocycles. The van der Waals surface area contributed by atoms with Crippen LogP contribution in [-0.2, 0) is 20.9 Å². The number of ether oxygens (including phenoxy) is 1. The SMILES string of the molecule is CC(=O)CC(=O)OCCN1CCN(Cc2cccnc2)CC1. The quantitative estimate of drug-likeness (QED) is 0.546. The number of ketones is 1. The van der Waals surface area contributed by atoms with Crippen molar-refractivity contribution in [3.8, 4) is 0 Å². The third kappa shape index (κ3) is 5.91. The molecule has 0 aliphatic carbocycles. The Kier molecular flexibility index (Phi) is 6.48. The van der Waals surface area contributed by atoms with Gasteiger partial charge in [0, 0.05) is 51.7 Å². The van der Waals surface area contributed by atoms with Gasteiger partial charge in [-0.3, -0.25) is 24.4 Å². The first-order chi connectivity index (χ1) is 10.6. The number of carbonyl (C=O) groups is 2. The van der Waals surface area contributed by atoms with Crippen LogP contribution in [0.5, 0.6) is 0 Å². The third-order valence-corrected chi connectivity index (χ3v) is 3.66. The van der Waals surface area contributed by atoms with E-state index in [2.05, 4.69) is 20.9 Å². The van der Waals surface area contributed by atoms with Gasteiger partial charge in [0.25, 0.3) is 0 Å². The van der Waals surface area contributed by atoms with E-state index in [4.69, 9.17) is 4.74 Å². The highest BCUT2D eigenvalue weighted by molar-refractivity contribution is 5.94. The zero-order valence-corrected chi connectivity index (χ0v) is 13.0. The number of rotatable bonds is 7. The lowest BCUT2D eigenvalue weighted by Gasteiger charge is -2.34. The Balaban J connectivity index is 1.61. The maximum absolute atomic E-state index is 11.3. The summed E-state index contributed by atoms with van der Waals surface area (Å²) in [4.78, 5) is 30.9. The molecule has 1 fully saturated rings. The van der Waals surface area contributed by atoms with Gasteiger partial charge in [-0.15, -0.1) is 0 Å². The number of hydrogen-bond acceptors (Lipinski definition) is 6. The van der Waals surface area contributed by atoms with Crippen molar-refractivity contribution in [2.45, 2.75) is 19.9 Å². The Morgan fingerprint density at radius 3 is 2.59 bits per heavy atom. The second-order valence-electron chi connectivity index (χ2n) is 5.58. The largest absolute Gasteiger partial charge is 0.464 e. The summed E-state index contributed by atoms with van der Waals surface area (Å²) in [6.45, 7) is 7.32. The van der Waals surface area contributed by atoms with Gasteiger partial charge in [-0.05, 0) is 18.6 Å². The highest BCUT2D eigenvalue weighted by Crippen LogP contribution is 2.07. The van der Waals surface area contributed by atoms with Crippen molar-refractivity contribution in [2.24, 2.45) is 0 Å². The molecule has 6 heteroatoms. The van der Waals surface area contributed by atoms with Crippen LogP contribution in [0.2, 0.25) is 0 Å². The molecule has 2 heterocycles. The minimum atomic E-state index is -0.428. The Hall–Kier alpha value is -1.79. The van der Waals surface area contributed by atoms with Gasteiger partial charge < -0.3 is 4.74 Å². The monoisotopic (exact) mass is 305 g/mol. The molecule has 1 aromatic rings. The molecule has 0 unspecified atom stereocenters. The summed E-state index contributed by atoms with van der Waals surface area (Å²) in [5.74, 6) is -0.586. The van der Waals surface area contributed by atoms with Crippen LogP contribution in [0.25, 0.3) is 0 Å². The summed E-state index contributed by atoms with van der Waals surface area (Å²) in [5, 5.41) is 0. The van der Waals surface area contributed by atoms with E-state index in [1.807, 2.05) is 12.3 Å². The molecule has 1 saturated heterocycles. The predicted molar refractivity (Wildman–Crippen MR) is 82.2 cm³/mol. The molecule has 0 N–H and O–H groups in total. The maximum atomic E-state index is 11.3. The zero-order chi connectivity index (χ0) is 15.8. The van der Waals surface area contributed by atoms with E-state index in [0.29, 0.717) is 6.61 Å². The molecule has 120 valence electrons. The number of nitrogens with zero attached hydrogens (tertiary/aromatic N) is 3. The first kappa shape index (κ1) is 16.6. The van der Waals surface area contributed by atoms with Gasteiger partial charge in [-0.2, -0.15) is 0 Å². The third-order valence-electron chi connectivity index (χ3n) is 3.66. The average molecular weight is 305 g/mol. The molecule has 0 aromatic carbocycles. The number of Topliss-reactive ketones (excluding diaryl/α,β-unsaturated/α-hetero) is 1. The summed E-state index contributed by atoms with van der Waals surface area (Å²) in [5.41, 5.74) is 1.23. The van der Waals surface area contributed by atoms with Crippen LogP contribution < -0.4 is 0 Å². The summed E-state index contributed by atoms with van der Waals surface area (Å²) in [7, 11) is 0. The Morgan fingerprint density at radius 1 is 1.23 bits per heavy atom. The van der Waals surface area contributed by atoms with Crippen molar-refractivity contribution < 1.29 is 14.3 Å². The van der Waals surface area contributed by atoms with Crippen molar-refractivity contribution in [1.82, 2.24) is 14.8 Å². The number of carbonyl (C=O) groups excluding carboxylic acids is 2. The lowest BCUT2D eigenvalue weighted by Crippen LogP contribution is -2.46. The van der Waals surface area contributed by atoms with Crippen LogP contribution in [0.3, 0.4) is 0 Å². The van der Waals surface area contributed by atoms with Gasteiger partial charge in [0.05, 0.1) is 0 Å². The van der Waals surface area contributed by atoms with Crippen LogP contribution in [0.1, 0.15) is 18.9 Å². The second-order valence-corrected chi connectivity index (χ2v) is 5.58. The molecule has 1 aliphatic heterocycles. The van der Waals surface area contributed by atoms with Gasteiger partial charge in [-0.25, -0.2) is 0 Å². The lowest BCUT2D eigenvalue weighted by atomic mass is 10.2. The summed E-state index contributed by atoms with van der Waals surface area (Å²) in [6, 6.07) is 4.05. The maximum Gasteiger partial charge on any atom is 0.313 e. The van der Waals surface area contributed by atoms with E-state index in [1.165, 1.54) is 12.5 Å². The van der Waals surface area contributed by atoms with E-state index in [-0.39, 0.29) is 12.2 Å². The molecule has 0 bridgehead atoms. The molecular formula is C16H23N3O3. The molecule has 1 aliphatic rings. The first-order valence-corrected chi connectivity index (χ1v) is 7.62. The topological polar surface area (TPSA) is 62.7 Å². The summed E-state index contributed by atoms with van der Waals surface area (Å²) >= 11 is 0. The molecule has 0 radical (unpaired) electrons. The molecule has 0 atom stereocenters. The molecule has 6 nitrogen and oxygen atoms in total. The fourth-order valence-corrected chi connectivity index (χ4v) is 2.46. The van der Waals surface area contributed by atoms with Gasteiger partial charge >= 0.3 is 5.97 Å². The highest BCUT2D eigenvalue weighted by atomic mass is 16.5. The molecule has 1 aromatic heterocycles. The van der Waals surface area contributed by atoms with Crippen molar-refractivity contribution in [3.05, 3.63) is 30.1 Å². The zero-order valence-electron chi connectivity index (χ0n) is 13.0. The predicted octanol–water partition coefficient (Wildman–Crippen LogP) is 0.721. The van der Waals surface area contributed by atoms with Gasteiger partial charge in [0.15, 0.2) is 0 Å². The van der Waals surface area contributed by atoms with E-state index in [9.17, 15) is 9.59 Å². The second kappa shape index (κ2) is 8.60. The van der Waals surface area contributed by atoms with Crippen LogP contribution >= 0.6 is 0 Å². The van der Waals surface area contributed by atoms with Gasteiger partial charge in [0.1, 0.15) is 18.8 Å². The van der Waals surface area contributed by atoms with Crippen molar-refractivity contribution >= 4 is 11.8 Å². The Morgan fingerprint density at radius 2 is 1.95 bits per heavy atom. The number of hydrogen-bond donors (Lipinski definition) is 0. The van der Waals surface area contributed by atoms with Crippen LogP contribution in [-0.4, -0.2) is 65.9 Å². The Labute approximate surface area is 131 Å². The number of pyridine rings is 1. The van der Waals surface area contributed by atoms with Crippen molar-refractivity contribution in [1.29, 1.82) is 0 Å². The number of piperazine rings is 1. The van der Waals surface area contributed by atoms with E-state index >= 15 is 0 Å². The molecule has 0 amide bonds. The highest BCUT2D eigenvalue weighted by Gasteiger charge is 2.17. The van der Waals surface area contributed by atoms with Crippen LogP contribution in [0.4, 0.5) is 0 Å². The minimum absolute atomic E-state index is 0.126. The fraction of sp³-hybridized carbons (Fsp3) is 0.562. The van der Waals surface area contributed by atoms with Crippen LogP contribution in [0, 0.1) is 0 Å². The van der Waals surface area contributed by atoms with E-state index in [1.54, 1.807) is 6.20 Å². The van der Waals surface area contributed by atoms with Gasteiger partial charge in [-0.1, -0.05) is 6.07 Å². The van der Waals surface area contributed by atoms with E-state index in [0.717, 1.165) is 39.3 Å². The minimum Gasteiger partial charge on any atom is -0.464 e. The van der Waals surface area contributed by atoms with Crippen LogP contribution in [0.15, 0.2) is 24.5 Å². The molecule has 22 heavy (non-hydrogen) atoms. The number of esters is 1. The number of aromatic nitrogens is 1. The fourth-order valence-electron chi connectivity index (χ4n) is 2.46. The van der Waals surface area contributed by atoms with E-state index < -0.39 is 5.97 Å². The summed E-state index contributed by atoms with van der Waals surface area (Å²) in [6.07, 6.45) is 3.56. The smallest absolute Gasteiger partial charge is 0.313 e. The summed E-state index contributed by atoms with van der Waals surface area (Å²) < 4.78 is 5.05. The molecule has 0 spiro atoms. The normalized spacial score (nSPS) is 16.4.